The van der Waals surface area contributed by atoms with Crippen LogP contribution in [0.15, 0.2) is 41.4 Å². The lowest BCUT2D eigenvalue weighted by molar-refractivity contribution is -0.116. The van der Waals surface area contributed by atoms with Crippen LogP contribution >= 0.6 is 11.8 Å². The third kappa shape index (κ3) is 6.42. The van der Waals surface area contributed by atoms with Gasteiger partial charge in [-0.1, -0.05) is 30.5 Å². The van der Waals surface area contributed by atoms with Crippen LogP contribution in [-0.2, 0) is 9.53 Å². The fourth-order valence-corrected chi connectivity index (χ4v) is 3.75. The number of amides is 1. The number of nitrogens with two attached hydrogens (primary N) is 1. The van der Waals surface area contributed by atoms with E-state index in [9.17, 15) is 9.59 Å². The Hall–Kier alpha value is -2.25. The molecule has 0 aliphatic carbocycles. The maximum absolute atomic E-state index is 12.6. The molecule has 3 N–H and O–H groups in total. The third-order valence-corrected chi connectivity index (χ3v) is 5.59. The SMILES string of the molecule is C=C(S/C(C(=O)NCCN1CCCC1)=C(/C)N)c1cccc(C(=O)OCC)c1. The molecule has 0 unspecified atom stereocenters. The minimum atomic E-state index is -0.382. The zero-order valence-electron chi connectivity index (χ0n) is 16.6. The number of ether oxygens (including phenoxy) is 1. The van der Waals surface area contributed by atoms with E-state index in [-0.39, 0.29) is 11.9 Å². The highest BCUT2D eigenvalue weighted by Gasteiger charge is 2.17. The third-order valence-electron chi connectivity index (χ3n) is 4.40. The lowest BCUT2D eigenvalue weighted by Crippen LogP contribution is -2.34. The number of carbonyl (C=O) groups excluding carboxylic acids is 2. The summed E-state index contributed by atoms with van der Waals surface area (Å²) in [6, 6.07) is 7.01. The maximum atomic E-state index is 12.6. The van der Waals surface area contributed by atoms with Gasteiger partial charge in [0.05, 0.1) is 17.1 Å². The van der Waals surface area contributed by atoms with Crippen LogP contribution < -0.4 is 11.1 Å². The molecule has 152 valence electrons. The van der Waals surface area contributed by atoms with Gasteiger partial charge in [-0.2, -0.15) is 0 Å². The van der Waals surface area contributed by atoms with Crippen LogP contribution in [0.25, 0.3) is 4.91 Å². The second-order valence-corrected chi connectivity index (χ2v) is 7.75. The topological polar surface area (TPSA) is 84.7 Å². The summed E-state index contributed by atoms with van der Waals surface area (Å²) in [7, 11) is 0. The Bertz CT molecular complexity index is 751. The molecule has 0 atom stereocenters. The number of likely N-dealkylation sites (tertiary alicyclic amines) is 1. The van der Waals surface area contributed by atoms with Gasteiger partial charge in [-0.25, -0.2) is 4.79 Å². The van der Waals surface area contributed by atoms with Crippen molar-refractivity contribution in [1.82, 2.24) is 10.2 Å². The summed E-state index contributed by atoms with van der Waals surface area (Å²) in [6.07, 6.45) is 2.45. The number of thioether (sulfide) groups is 1. The standard InChI is InChI=1S/C21H29N3O3S/c1-4-27-21(26)18-9-7-8-17(14-18)16(3)28-19(15(2)22)20(25)23-10-13-24-11-5-6-12-24/h7-9,14H,3-6,10-13,22H2,1-2H3,(H,23,25)/b19-15-. The van der Waals surface area contributed by atoms with E-state index in [0.29, 0.717) is 34.2 Å². The Labute approximate surface area is 171 Å². The van der Waals surface area contributed by atoms with Crippen molar-refractivity contribution in [3.63, 3.8) is 0 Å². The normalized spacial score (nSPS) is 15.1. The van der Waals surface area contributed by atoms with Gasteiger partial charge >= 0.3 is 5.97 Å². The van der Waals surface area contributed by atoms with Gasteiger partial charge in [0.15, 0.2) is 0 Å². The van der Waals surface area contributed by atoms with Crippen molar-refractivity contribution < 1.29 is 14.3 Å². The van der Waals surface area contributed by atoms with E-state index in [1.807, 2.05) is 6.07 Å². The molecule has 1 aromatic carbocycles. The first kappa shape index (κ1) is 22.0. The van der Waals surface area contributed by atoms with Crippen molar-refractivity contribution in [2.45, 2.75) is 26.7 Å². The first-order chi connectivity index (χ1) is 13.4. The van der Waals surface area contributed by atoms with Crippen LogP contribution in [0, 0.1) is 0 Å². The Morgan fingerprint density at radius 1 is 1.29 bits per heavy atom. The van der Waals surface area contributed by atoms with Gasteiger partial charge in [-0.3, -0.25) is 4.79 Å². The van der Waals surface area contributed by atoms with Crippen molar-refractivity contribution in [1.29, 1.82) is 0 Å². The monoisotopic (exact) mass is 403 g/mol. The highest BCUT2D eigenvalue weighted by molar-refractivity contribution is 8.12. The van der Waals surface area contributed by atoms with Crippen molar-refractivity contribution in [3.05, 3.63) is 52.6 Å². The summed E-state index contributed by atoms with van der Waals surface area (Å²) in [6.45, 7) is 11.4. The fourth-order valence-electron chi connectivity index (χ4n) is 2.94. The minimum Gasteiger partial charge on any atom is -0.462 e. The van der Waals surface area contributed by atoms with Crippen molar-refractivity contribution >= 4 is 28.5 Å². The largest absolute Gasteiger partial charge is 0.462 e. The zero-order chi connectivity index (χ0) is 20.5. The molecule has 1 aromatic rings. The molecule has 1 heterocycles. The number of nitrogens with one attached hydrogen (secondary N) is 1. The number of rotatable bonds is 9. The van der Waals surface area contributed by atoms with Crippen LogP contribution in [0.3, 0.4) is 0 Å². The smallest absolute Gasteiger partial charge is 0.338 e. The van der Waals surface area contributed by atoms with Gasteiger partial charge in [-0.15, -0.1) is 0 Å². The molecule has 1 aliphatic rings. The molecule has 6 nitrogen and oxygen atoms in total. The fraction of sp³-hybridized carbons (Fsp3) is 0.429. The first-order valence-electron chi connectivity index (χ1n) is 9.53. The summed E-state index contributed by atoms with van der Waals surface area (Å²) < 4.78 is 5.03. The van der Waals surface area contributed by atoms with Crippen molar-refractivity contribution in [2.24, 2.45) is 5.73 Å². The molecule has 1 aliphatic heterocycles. The van der Waals surface area contributed by atoms with E-state index in [4.69, 9.17) is 10.5 Å². The quantitative estimate of drug-likeness (QED) is 0.487. The number of benzene rings is 1. The summed E-state index contributed by atoms with van der Waals surface area (Å²) in [4.78, 5) is 27.9. The number of esters is 1. The van der Waals surface area contributed by atoms with Crippen LogP contribution in [0.5, 0.6) is 0 Å². The van der Waals surface area contributed by atoms with Gasteiger partial charge < -0.3 is 20.7 Å². The average Bonchev–Trinajstić information content (AvgIpc) is 3.19. The predicted molar refractivity (Wildman–Crippen MR) is 115 cm³/mol. The van der Waals surface area contributed by atoms with Crippen LogP contribution in [-0.4, -0.2) is 49.6 Å². The Kier molecular flexibility index (Phi) is 8.60. The lowest BCUT2D eigenvalue weighted by atomic mass is 10.1. The molecule has 0 saturated carbocycles. The van der Waals surface area contributed by atoms with Crippen molar-refractivity contribution in [3.8, 4) is 0 Å². The summed E-state index contributed by atoms with van der Waals surface area (Å²) in [5.74, 6) is -0.584. The van der Waals surface area contributed by atoms with Gasteiger partial charge in [0.1, 0.15) is 0 Å². The van der Waals surface area contributed by atoms with Crippen molar-refractivity contribution in [2.75, 3.05) is 32.8 Å². The average molecular weight is 404 g/mol. The summed E-state index contributed by atoms with van der Waals surface area (Å²) in [5.41, 5.74) is 7.58. The molecular weight excluding hydrogens is 374 g/mol. The van der Waals surface area contributed by atoms with E-state index < -0.39 is 0 Å². The number of hydrogen-bond donors (Lipinski definition) is 2. The molecule has 1 saturated heterocycles. The van der Waals surface area contributed by atoms with Crippen LogP contribution in [0.4, 0.5) is 0 Å². The van der Waals surface area contributed by atoms with Crippen LogP contribution in [0.1, 0.15) is 42.6 Å². The number of carbonyl (C=O) groups is 2. The van der Waals surface area contributed by atoms with Gasteiger partial charge in [0.2, 0.25) is 0 Å². The van der Waals surface area contributed by atoms with E-state index in [0.717, 1.165) is 25.2 Å². The molecule has 7 heteroatoms. The van der Waals surface area contributed by atoms with E-state index >= 15 is 0 Å². The molecule has 28 heavy (non-hydrogen) atoms. The molecule has 0 bridgehead atoms. The number of hydrogen-bond acceptors (Lipinski definition) is 6. The number of nitrogens with zero attached hydrogens (tertiary/aromatic N) is 1. The molecule has 0 spiro atoms. The molecule has 0 radical (unpaired) electrons. The van der Waals surface area contributed by atoms with Crippen LogP contribution in [0.2, 0.25) is 0 Å². The van der Waals surface area contributed by atoms with E-state index in [1.54, 1.807) is 32.0 Å². The summed E-state index contributed by atoms with van der Waals surface area (Å²) >= 11 is 1.21. The molecule has 2 rings (SSSR count). The highest BCUT2D eigenvalue weighted by Crippen LogP contribution is 2.33. The number of allylic oxidation sites excluding steroid dienone is 1. The lowest BCUT2D eigenvalue weighted by Gasteiger charge is -2.16. The predicted octanol–water partition coefficient (Wildman–Crippen LogP) is 2.97. The second kappa shape index (κ2) is 10.9. The van der Waals surface area contributed by atoms with Gasteiger partial charge in [-0.05, 0) is 57.5 Å². The molecule has 1 fully saturated rings. The second-order valence-electron chi connectivity index (χ2n) is 6.64. The first-order valence-corrected chi connectivity index (χ1v) is 10.3. The zero-order valence-corrected chi connectivity index (χ0v) is 17.4. The molecule has 1 amide bonds. The Morgan fingerprint density at radius 2 is 1.96 bits per heavy atom. The minimum absolute atomic E-state index is 0.202. The molecular formula is C21H29N3O3S. The Balaban J connectivity index is 1.98. The molecule has 0 aromatic heterocycles. The Morgan fingerprint density at radius 3 is 2.61 bits per heavy atom. The van der Waals surface area contributed by atoms with E-state index in [2.05, 4.69) is 16.8 Å². The highest BCUT2D eigenvalue weighted by atomic mass is 32.2. The summed E-state index contributed by atoms with van der Waals surface area (Å²) in [5, 5.41) is 2.94. The maximum Gasteiger partial charge on any atom is 0.338 e. The van der Waals surface area contributed by atoms with E-state index in [1.165, 1.54) is 24.6 Å². The van der Waals surface area contributed by atoms with Gasteiger partial charge in [0.25, 0.3) is 5.91 Å². The van der Waals surface area contributed by atoms with Gasteiger partial charge in [0, 0.05) is 23.7 Å².